The van der Waals surface area contributed by atoms with E-state index < -0.39 is 0 Å². The van der Waals surface area contributed by atoms with Crippen molar-refractivity contribution in [2.75, 3.05) is 18.0 Å². The van der Waals surface area contributed by atoms with Gasteiger partial charge in [-0.15, -0.1) is 0 Å². The molecule has 0 radical (unpaired) electrons. The molecule has 3 rings (SSSR count). The second-order valence-electron chi connectivity index (χ2n) is 4.77. The lowest BCUT2D eigenvalue weighted by atomic mass is 10.3. The third-order valence-electron chi connectivity index (χ3n) is 3.32. The fourth-order valence-electron chi connectivity index (χ4n) is 2.28. The van der Waals surface area contributed by atoms with E-state index in [1.807, 2.05) is 24.0 Å². The first kappa shape index (κ1) is 11.7. The number of aromatic nitrogens is 4. The van der Waals surface area contributed by atoms with E-state index in [-0.39, 0.29) is 6.04 Å². The zero-order valence-electron chi connectivity index (χ0n) is 10.7. The van der Waals surface area contributed by atoms with Gasteiger partial charge in [0.15, 0.2) is 0 Å². The minimum absolute atomic E-state index is 0.284. The third-order valence-corrected chi connectivity index (χ3v) is 3.32. The molecule has 2 aromatic heterocycles. The molecule has 1 aliphatic heterocycles. The maximum atomic E-state index is 8.82. The number of nitriles is 1. The predicted octanol–water partition coefficient (Wildman–Crippen LogP) is 1.30. The quantitative estimate of drug-likeness (QED) is 0.808. The lowest BCUT2D eigenvalue weighted by molar-refractivity contribution is 0.494. The zero-order chi connectivity index (χ0) is 13.2. The Bertz CT molecular complexity index is 609. The minimum Gasteiger partial charge on any atom is -0.339 e. The smallest absolute Gasteiger partial charge is 0.225 e. The van der Waals surface area contributed by atoms with E-state index in [0.29, 0.717) is 5.56 Å². The average molecular weight is 254 g/mol. The van der Waals surface area contributed by atoms with Crippen LogP contribution in [0.1, 0.15) is 23.6 Å². The molecule has 96 valence electrons. The highest BCUT2D eigenvalue weighted by molar-refractivity contribution is 5.32. The molecule has 1 atom stereocenters. The Morgan fingerprint density at radius 1 is 1.32 bits per heavy atom. The third kappa shape index (κ3) is 2.27. The first-order valence-corrected chi connectivity index (χ1v) is 6.24. The Kier molecular flexibility index (Phi) is 2.88. The molecule has 0 N–H and O–H groups in total. The van der Waals surface area contributed by atoms with Crippen LogP contribution in [0, 0.1) is 18.3 Å². The molecule has 0 aliphatic carbocycles. The van der Waals surface area contributed by atoms with Crippen LogP contribution in [0.4, 0.5) is 5.95 Å². The number of anilines is 1. The molecule has 1 saturated heterocycles. The molecule has 0 spiro atoms. The molecule has 0 amide bonds. The molecule has 1 unspecified atom stereocenters. The number of hydrogen-bond donors (Lipinski definition) is 0. The molecular formula is C13H14N6. The molecule has 3 heterocycles. The van der Waals surface area contributed by atoms with Gasteiger partial charge in [0.25, 0.3) is 0 Å². The van der Waals surface area contributed by atoms with Crippen molar-refractivity contribution in [1.82, 2.24) is 19.7 Å². The Morgan fingerprint density at radius 2 is 2.11 bits per heavy atom. The van der Waals surface area contributed by atoms with Crippen LogP contribution in [0.3, 0.4) is 0 Å². The monoisotopic (exact) mass is 254 g/mol. The summed E-state index contributed by atoms with van der Waals surface area (Å²) in [4.78, 5) is 10.8. The Morgan fingerprint density at radius 3 is 2.79 bits per heavy atom. The van der Waals surface area contributed by atoms with Crippen LogP contribution in [0.5, 0.6) is 0 Å². The summed E-state index contributed by atoms with van der Waals surface area (Å²) >= 11 is 0. The highest BCUT2D eigenvalue weighted by atomic mass is 15.3. The standard InChI is InChI=1S/C13H14N6/c1-10-5-15-13(16-6-10)18-3-2-12(9-18)19-8-11(4-14)7-17-19/h5-8,12H,2-3,9H2,1H3. The van der Waals surface area contributed by atoms with Gasteiger partial charge in [0.1, 0.15) is 6.07 Å². The van der Waals surface area contributed by atoms with E-state index in [9.17, 15) is 0 Å². The second kappa shape index (κ2) is 4.69. The van der Waals surface area contributed by atoms with Gasteiger partial charge in [-0.1, -0.05) is 0 Å². The van der Waals surface area contributed by atoms with Crippen LogP contribution < -0.4 is 4.90 Å². The fraction of sp³-hybridized carbons (Fsp3) is 0.385. The van der Waals surface area contributed by atoms with Gasteiger partial charge < -0.3 is 4.90 Å². The molecule has 1 fully saturated rings. The number of hydrogen-bond acceptors (Lipinski definition) is 5. The van der Waals surface area contributed by atoms with Gasteiger partial charge in [-0.2, -0.15) is 10.4 Å². The summed E-state index contributed by atoms with van der Waals surface area (Å²) in [5.74, 6) is 0.765. The number of aryl methyl sites for hydroxylation is 1. The molecule has 2 aromatic rings. The Labute approximate surface area is 111 Å². The Balaban J connectivity index is 1.73. The van der Waals surface area contributed by atoms with E-state index in [1.165, 1.54) is 0 Å². The van der Waals surface area contributed by atoms with Gasteiger partial charge in [-0.05, 0) is 18.9 Å². The van der Waals surface area contributed by atoms with Crippen molar-refractivity contribution < 1.29 is 0 Å². The van der Waals surface area contributed by atoms with Crippen LogP contribution in [0.2, 0.25) is 0 Å². The zero-order valence-corrected chi connectivity index (χ0v) is 10.7. The maximum absolute atomic E-state index is 8.82. The summed E-state index contributed by atoms with van der Waals surface area (Å²) in [5.41, 5.74) is 1.66. The van der Waals surface area contributed by atoms with Gasteiger partial charge in [-0.3, -0.25) is 4.68 Å². The molecule has 0 aromatic carbocycles. The van der Waals surface area contributed by atoms with Crippen LogP contribution in [0.25, 0.3) is 0 Å². The predicted molar refractivity (Wildman–Crippen MR) is 69.6 cm³/mol. The average Bonchev–Trinajstić information content (AvgIpc) is 3.08. The lowest BCUT2D eigenvalue weighted by Crippen LogP contribution is -2.23. The summed E-state index contributed by atoms with van der Waals surface area (Å²) in [6.07, 6.45) is 8.05. The summed E-state index contributed by atoms with van der Waals surface area (Å²) < 4.78 is 1.87. The molecule has 0 bridgehead atoms. The summed E-state index contributed by atoms with van der Waals surface area (Å²) in [5, 5.41) is 13.1. The molecule has 6 heteroatoms. The largest absolute Gasteiger partial charge is 0.339 e. The summed E-state index contributed by atoms with van der Waals surface area (Å²) in [6.45, 7) is 3.72. The van der Waals surface area contributed by atoms with Gasteiger partial charge >= 0.3 is 0 Å². The molecule has 6 nitrogen and oxygen atoms in total. The van der Waals surface area contributed by atoms with Crippen LogP contribution in [-0.4, -0.2) is 32.8 Å². The fourth-order valence-corrected chi connectivity index (χ4v) is 2.28. The van der Waals surface area contributed by atoms with Gasteiger partial charge in [0.05, 0.1) is 17.8 Å². The SMILES string of the molecule is Cc1cnc(N2CCC(n3cc(C#N)cn3)C2)nc1. The highest BCUT2D eigenvalue weighted by Crippen LogP contribution is 2.24. The van der Waals surface area contributed by atoms with Crippen LogP contribution in [-0.2, 0) is 0 Å². The van der Waals surface area contributed by atoms with Gasteiger partial charge in [-0.25, -0.2) is 9.97 Å². The first-order chi connectivity index (χ1) is 9.26. The summed E-state index contributed by atoms with van der Waals surface area (Å²) in [6, 6.07) is 2.38. The van der Waals surface area contributed by atoms with E-state index in [0.717, 1.165) is 31.0 Å². The second-order valence-corrected chi connectivity index (χ2v) is 4.77. The van der Waals surface area contributed by atoms with Crippen molar-refractivity contribution in [2.45, 2.75) is 19.4 Å². The van der Waals surface area contributed by atoms with Crippen molar-refractivity contribution in [3.8, 4) is 6.07 Å². The normalized spacial score (nSPS) is 18.5. The van der Waals surface area contributed by atoms with Gasteiger partial charge in [0, 0.05) is 31.7 Å². The maximum Gasteiger partial charge on any atom is 0.225 e. The van der Waals surface area contributed by atoms with E-state index in [1.54, 1.807) is 12.4 Å². The van der Waals surface area contributed by atoms with E-state index in [2.05, 4.69) is 26.0 Å². The lowest BCUT2D eigenvalue weighted by Gasteiger charge is -2.16. The first-order valence-electron chi connectivity index (χ1n) is 6.24. The van der Waals surface area contributed by atoms with Gasteiger partial charge in [0.2, 0.25) is 5.95 Å². The molecule has 1 aliphatic rings. The molecule has 19 heavy (non-hydrogen) atoms. The molecular weight excluding hydrogens is 240 g/mol. The van der Waals surface area contributed by atoms with Crippen molar-refractivity contribution in [1.29, 1.82) is 5.26 Å². The van der Waals surface area contributed by atoms with Crippen LogP contribution in [0.15, 0.2) is 24.8 Å². The minimum atomic E-state index is 0.284. The van der Waals surface area contributed by atoms with Crippen molar-refractivity contribution in [3.05, 3.63) is 35.9 Å². The van der Waals surface area contributed by atoms with E-state index in [4.69, 9.17) is 5.26 Å². The highest BCUT2D eigenvalue weighted by Gasteiger charge is 2.26. The van der Waals surface area contributed by atoms with Crippen molar-refractivity contribution >= 4 is 5.95 Å². The number of nitrogens with zero attached hydrogens (tertiary/aromatic N) is 6. The van der Waals surface area contributed by atoms with Crippen molar-refractivity contribution in [2.24, 2.45) is 0 Å². The van der Waals surface area contributed by atoms with Crippen molar-refractivity contribution in [3.63, 3.8) is 0 Å². The van der Waals surface area contributed by atoms with Crippen LogP contribution >= 0.6 is 0 Å². The molecule has 0 saturated carbocycles. The number of rotatable bonds is 2. The summed E-state index contributed by atoms with van der Waals surface area (Å²) in [7, 11) is 0. The topological polar surface area (TPSA) is 70.6 Å². The Hall–Kier alpha value is -2.42. The van der Waals surface area contributed by atoms with E-state index >= 15 is 0 Å².